The zero-order chi connectivity index (χ0) is 19.4. The number of hydrogen-bond donors (Lipinski definition) is 2. The van der Waals surface area contributed by atoms with Crippen LogP contribution in [0.15, 0.2) is 42.5 Å². The van der Waals surface area contributed by atoms with Crippen molar-refractivity contribution in [1.29, 1.82) is 0 Å². The number of hydrogen-bond acceptors (Lipinski definition) is 4. The Morgan fingerprint density at radius 2 is 1.58 bits per heavy atom. The summed E-state index contributed by atoms with van der Waals surface area (Å²) < 4.78 is 6.33. The lowest BCUT2D eigenvalue weighted by molar-refractivity contribution is -0.134. The van der Waals surface area contributed by atoms with E-state index >= 15 is 0 Å². The van der Waals surface area contributed by atoms with Crippen LogP contribution in [0.4, 0.5) is 0 Å². The number of aliphatic carboxylic acids is 2. The van der Waals surface area contributed by atoms with Crippen LogP contribution in [-0.2, 0) is 19.9 Å². The molecule has 0 unspecified atom stereocenters. The molecule has 1 saturated carbocycles. The molecule has 0 heterocycles. The van der Waals surface area contributed by atoms with Crippen molar-refractivity contribution < 1.29 is 24.5 Å². The van der Waals surface area contributed by atoms with Crippen molar-refractivity contribution in [2.45, 2.75) is 37.7 Å². The summed E-state index contributed by atoms with van der Waals surface area (Å²) in [5, 5.41) is 15.6. The van der Waals surface area contributed by atoms with Crippen molar-refractivity contribution >= 4 is 11.9 Å². The fourth-order valence-corrected chi connectivity index (χ4v) is 2.95. The van der Waals surface area contributed by atoms with Gasteiger partial charge in [-0.25, -0.2) is 9.59 Å². The van der Waals surface area contributed by atoms with E-state index in [0.29, 0.717) is 12.2 Å². The van der Waals surface area contributed by atoms with Gasteiger partial charge in [-0.2, -0.15) is 0 Å². The van der Waals surface area contributed by atoms with Crippen LogP contribution in [0.1, 0.15) is 37.7 Å². The second kappa shape index (κ2) is 11.4. The molecule has 1 aromatic rings. The minimum Gasteiger partial charge on any atom is -0.478 e. The van der Waals surface area contributed by atoms with Crippen LogP contribution in [0.3, 0.4) is 0 Å². The molecule has 0 bridgehead atoms. The summed E-state index contributed by atoms with van der Waals surface area (Å²) in [6.07, 6.45) is 7.39. The molecule has 0 aromatic heterocycles. The van der Waals surface area contributed by atoms with E-state index in [2.05, 4.69) is 49.3 Å². The average molecular weight is 363 g/mol. The maximum atomic E-state index is 9.55. The molecular formula is C20H29NO5. The topological polar surface area (TPSA) is 87.1 Å². The average Bonchev–Trinajstić information content (AvgIpc) is 2.62. The Morgan fingerprint density at radius 3 is 2.04 bits per heavy atom. The van der Waals surface area contributed by atoms with Crippen molar-refractivity contribution in [3.8, 4) is 0 Å². The van der Waals surface area contributed by atoms with E-state index in [-0.39, 0.29) is 5.60 Å². The van der Waals surface area contributed by atoms with Crippen LogP contribution in [0.25, 0.3) is 0 Å². The van der Waals surface area contributed by atoms with Crippen LogP contribution in [0.2, 0.25) is 0 Å². The van der Waals surface area contributed by atoms with Crippen molar-refractivity contribution in [3.63, 3.8) is 0 Å². The third kappa shape index (κ3) is 8.27. The van der Waals surface area contributed by atoms with Gasteiger partial charge in [0.1, 0.15) is 0 Å². The third-order valence-corrected chi connectivity index (χ3v) is 4.25. The normalized spacial score (nSPS) is 16.1. The number of carboxylic acid groups (broad SMARTS) is 2. The molecule has 1 fully saturated rings. The first-order chi connectivity index (χ1) is 12.4. The molecular weight excluding hydrogens is 334 g/mol. The third-order valence-electron chi connectivity index (χ3n) is 4.25. The van der Waals surface area contributed by atoms with E-state index in [1.54, 1.807) is 0 Å². The molecule has 1 aliphatic carbocycles. The first kappa shape index (κ1) is 21.9. The van der Waals surface area contributed by atoms with Crippen molar-refractivity contribution in [3.05, 3.63) is 48.0 Å². The summed E-state index contributed by atoms with van der Waals surface area (Å²) in [6, 6.07) is 10.8. The molecule has 0 spiro atoms. The van der Waals surface area contributed by atoms with E-state index in [0.717, 1.165) is 13.2 Å². The SMILES string of the molecule is CN(C)CCOC1(c2ccccc2)CCCCC1.O=C(O)/C=C\C(=O)O. The van der Waals surface area contributed by atoms with E-state index in [9.17, 15) is 9.59 Å². The lowest BCUT2D eigenvalue weighted by atomic mass is 9.79. The van der Waals surface area contributed by atoms with Gasteiger partial charge in [-0.15, -0.1) is 0 Å². The molecule has 0 amide bonds. The maximum absolute atomic E-state index is 9.55. The van der Waals surface area contributed by atoms with Gasteiger partial charge in [-0.3, -0.25) is 0 Å². The van der Waals surface area contributed by atoms with Gasteiger partial charge in [0.2, 0.25) is 0 Å². The van der Waals surface area contributed by atoms with Gasteiger partial charge in [0, 0.05) is 18.7 Å². The van der Waals surface area contributed by atoms with Crippen molar-refractivity contribution in [2.75, 3.05) is 27.2 Å². The Balaban J connectivity index is 0.000000359. The Bertz CT molecular complexity index is 561. The van der Waals surface area contributed by atoms with Crippen LogP contribution >= 0.6 is 0 Å². The molecule has 0 atom stereocenters. The van der Waals surface area contributed by atoms with Crippen molar-refractivity contribution in [2.24, 2.45) is 0 Å². The Hall–Kier alpha value is -2.18. The Kier molecular flexibility index (Phi) is 9.62. The highest BCUT2D eigenvalue weighted by Crippen LogP contribution is 2.40. The summed E-state index contributed by atoms with van der Waals surface area (Å²) in [4.78, 5) is 21.3. The van der Waals surface area contributed by atoms with Gasteiger partial charge in [-0.05, 0) is 32.5 Å². The number of carboxylic acids is 2. The largest absolute Gasteiger partial charge is 0.478 e. The molecule has 1 aliphatic rings. The zero-order valence-corrected chi connectivity index (χ0v) is 15.6. The predicted molar refractivity (Wildman–Crippen MR) is 100 cm³/mol. The number of likely N-dealkylation sites (N-methyl/N-ethyl adjacent to an activating group) is 1. The maximum Gasteiger partial charge on any atom is 0.328 e. The molecule has 6 nitrogen and oxygen atoms in total. The molecule has 2 rings (SSSR count). The van der Waals surface area contributed by atoms with Gasteiger partial charge in [0.25, 0.3) is 0 Å². The highest BCUT2D eigenvalue weighted by molar-refractivity contribution is 5.89. The predicted octanol–water partition coefficient (Wildman–Crippen LogP) is 3.14. The van der Waals surface area contributed by atoms with E-state index in [1.807, 2.05) is 0 Å². The van der Waals surface area contributed by atoms with E-state index in [1.165, 1.54) is 37.7 Å². The fourth-order valence-electron chi connectivity index (χ4n) is 2.95. The first-order valence-electron chi connectivity index (χ1n) is 8.84. The van der Waals surface area contributed by atoms with E-state index < -0.39 is 11.9 Å². The first-order valence-corrected chi connectivity index (χ1v) is 8.84. The fraction of sp³-hybridized carbons (Fsp3) is 0.500. The number of ether oxygens (including phenoxy) is 1. The van der Waals surface area contributed by atoms with Crippen LogP contribution in [-0.4, -0.2) is 54.3 Å². The lowest BCUT2D eigenvalue weighted by Gasteiger charge is -2.38. The van der Waals surface area contributed by atoms with Crippen LogP contribution in [0, 0.1) is 0 Å². The smallest absolute Gasteiger partial charge is 0.328 e. The molecule has 1 aromatic carbocycles. The molecule has 0 aliphatic heterocycles. The summed E-state index contributed by atoms with van der Waals surface area (Å²) >= 11 is 0. The minimum atomic E-state index is -1.26. The molecule has 144 valence electrons. The van der Waals surface area contributed by atoms with Gasteiger partial charge < -0.3 is 19.8 Å². The lowest BCUT2D eigenvalue weighted by Crippen LogP contribution is -2.34. The van der Waals surface area contributed by atoms with Gasteiger partial charge in [-0.1, -0.05) is 49.6 Å². The highest BCUT2D eigenvalue weighted by atomic mass is 16.5. The molecule has 26 heavy (non-hydrogen) atoms. The quantitative estimate of drug-likeness (QED) is 0.724. The molecule has 2 N–H and O–H groups in total. The number of benzene rings is 1. The minimum absolute atomic E-state index is 0.0183. The second-order valence-electron chi connectivity index (χ2n) is 6.58. The molecule has 0 saturated heterocycles. The van der Waals surface area contributed by atoms with Gasteiger partial charge >= 0.3 is 11.9 Å². The molecule has 6 heteroatoms. The van der Waals surface area contributed by atoms with Crippen LogP contribution in [0.5, 0.6) is 0 Å². The van der Waals surface area contributed by atoms with Gasteiger partial charge in [0.05, 0.1) is 12.2 Å². The Labute approximate surface area is 155 Å². The number of carbonyl (C=O) groups is 2. The van der Waals surface area contributed by atoms with Gasteiger partial charge in [0.15, 0.2) is 0 Å². The number of nitrogens with zero attached hydrogens (tertiary/aromatic N) is 1. The summed E-state index contributed by atoms with van der Waals surface area (Å²) in [5.74, 6) is -2.51. The monoisotopic (exact) mass is 363 g/mol. The number of rotatable bonds is 7. The summed E-state index contributed by atoms with van der Waals surface area (Å²) in [7, 11) is 4.19. The highest BCUT2D eigenvalue weighted by Gasteiger charge is 2.34. The zero-order valence-electron chi connectivity index (χ0n) is 15.6. The Morgan fingerprint density at radius 1 is 1.04 bits per heavy atom. The summed E-state index contributed by atoms with van der Waals surface area (Å²) in [6.45, 7) is 1.82. The second-order valence-corrected chi connectivity index (χ2v) is 6.58. The van der Waals surface area contributed by atoms with E-state index in [4.69, 9.17) is 14.9 Å². The van der Waals surface area contributed by atoms with Crippen molar-refractivity contribution in [1.82, 2.24) is 4.90 Å². The van der Waals surface area contributed by atoms with Crippen LogP contribution < -0.4 is 0 Å². The summed E-state index contributed by atoms with van der Waals surface area (Å²) in [5.41, 5.74) is 1.35. The standard InChI is InChI=1S/C16H25NO.C4H4O4/c1-17(2)13-14-18-16(11-7-4-8-12-16)15-9-5-3-6-10-15;5-3(6)1-2-4(7)8/h3,5-6,9-10H,4,7-8,11-14H2,1-2H3;1-2H,(H,5,6)(H,7,8)/b;2-1-. The molecule has 0 radical (unpaired) electrons.